The third kappa shape index (κ3) is 7.29. The summed E-state index contributed by atoms with van der Waals surface area (Å²) in [6.45, 7) is 6.29. The quantitative estimate of drug-likeness (QED) is 0.210. The van der Waals surface area contributed by atoms with Gasteiger partial charge in [-0.3, -0.25) is 4.79 Å². The van der Waals surface area contributed by atoms with Gasteiger partial charge >= 0.3 is 5.97 Å². The Morgan fingerprint density at radius 1 is 1.03 bits per heavy atom. The van der Waals surface area contributed by atoms with Crippen molar-refractivity contribution >= 4 is 18.0 Å². The molecule has 0 bridgehead atoms. The van der Waals surface area contributed by atoms with E-state index in [1.54, 1.807) is 51.6 Å². The first-order valence-corrected chi connectivity index (χ1v) is 12.4. The van der Waals surface area contributed by atoms with Gasteiger partial charge in [0.1, 0.15) is 17.2 Å². The average Bonchev–Trinajstić information content (AvgIpc) is 2.94. The van der Waals surface area contributed by atoms with Crippen molar-refractivity contribution in [1.29, 1.82) is 0 Å². The normalized spacial score (nSPS) is 11.3. The molecular formula is C30H33N3O5. The Balaban J connectivity index is 1.84. The number of methoxy groups -OCH3 is 2. The summed E-state index contributed by atoms with van der Waals surface area (Å²) < 4.78 is 15.8. The highest BCUT2D eigenvalue weighted by atomic mass is 16.5. The predicted molar refractivity (Wildman–Crippen MR) is 147 cm³/mol. The highest BCUT2D eigenvalue weighted by Gasteiger charge is 2.14. The number of esters is 1. The number of carbonyl (C=O) groups excluding carboxylic acids is 2. The fourth-order valence-electron chi connectivity index (χ4n) is 3.63. The Bertz CT molecular complexity index is 1350. The second-order valence-corrected chi connectivity index (χ2v) is 8.33. The van der Waals surface area contributed by atoms with Crippen LogP contribution in [0.1, 0.15) is 47.4 Å². The summed E-state index contributed by atoms with van der Waals surface area (Å²) in [7, 11) is 3.15. The Labute approximate surface area is 223 Å². The van der Waals surface area contributed by atoms with Crippen molar-refractivity contribution in [1.82, 2.24) is 15.3 Å². The van der Waals surface area contributed by atoms with Crippen LogP contribution in [0.4, 0.5) is 0 Å². The van der Waals surface area contributed by atoms with Gasteiger partial charge in [-0.15, -0.1) is 0 Å². The minimum atomic E-state index is -0.384. The monoisotopic (exact) mass is 515 g/mol. The number of benzene rings is 2. The molecule has 0 aliphatic heterocycles. The summed E-state index contributed by atoms with van der Waals surface area (Å²) >= 11 is 0. The molecule has 1 heterocycles. The first kappa shape index (κ1) is 28.1. The van der Waals surface area contributed by atoms with Gasteiger partial charge in [-0.2, -0.15) is 0 Å². The van der Waals surface area contributed by atoms with Crippen molar-refractivity contribution in [3.05, 3.63) is 88.8 Å². The van der Waals surface area contributed by atoms with Gasteiger partial charge in [0.15, 0.2) is 5.82 Å². The minimum absolute atomic E-state index is 0.234. The van der Waals surface area contributed by atoms with Crippen LogP contribution in [0.15, 0.2) is 66.4 Å². The molecule has 8 heteroatoms. The average molecular weight is 516 g/mol. The minimum Gasteiger partial charge on any atom is -0.497 e. The Morgan fingerprint density at radius 3 is 2.55 bits per heavy atom. The zero-order chi connectivity index (χ0) is 27.5. The summed E-state index contributed by atoms with van der Waals surface area (Å²) in [6.07, 6.45) is 7.82. The van der Waals surface area contributed by atoms with Crippen molar-refractivity contribution in [2.24, 2.45) is 0 Å². The summed E-state index contributed by atoms with van der Waals surface area (Å²) in [4.78, 5) is 34.2. The second-order valence-electron chi connectivity index (χ2n) is 8.33. The molecule has 0 radical (unpaired) electrons. The Hall–Kier alpha value is -4.46. The molecule has 3 aromatic rings. The van der Waals surface area contributed by atoms with Gasteiger partial charge in [-0.05, 0) is 61.7 Å². The zero-order valence-corrected chi connectivity index (χ0v) is 22.4. The number of allylic oxidation sites excluding steroid dienone is 1. The number of nitrogens with zero attached hydrogens (tertiary/aromatic N) is 2. The highest BCUT2D eigenvalue weighted by Crippen LogP contribution is 2.25. The molecule has 2 aromatic carbocycles. The lowest BCUT2D eigenvalue weighted by atomic mass is 10.0. The SMILES string of the molecule is CC/C=C/C(=C\c1cc(-c2nccc(C(=O)NCc3ccc(OC)cc3OC)n2)ccc1C)C(=O)OCC. The lowest BCUT2D eigenvalue weighted by molar-refractivity contribution is -0.138. The summed E-state index contributed by atoms with van der Waals surface area (Å²) in [5.74, 6) is 0.958. The van der Waals surface area contributed by atoms with Crippen LogP contribution in [-0.4, -0.2) is 42.7 Å². The van der Waals surface area contributed by atoms with Crippen molar-refractivity contribution in [2.75, 3.05) is 20.8 Å². The molecule has 38 heavy (non-hydrogen) atoms. The van der Waals surface area contributed by atoms with Crippen molar-refractivity contribution in [3.8, 4) is 22.9 Å². The summed E-state index contributed by atoms with van der Waals surface area (Å²) in [5.41, 5.74) is 4.02. The molecule has 1 aromatic heterocycles. The molecule has 198 valence electrons. The number of aryl methyl sites for hydroxylation is 1. The van der Waals surface area contributed by atoms with Crippen LogP contribution in [-0.2, 0) is 16.1 Å². The lowest BCUT2D eigenvalue weighted by Crippen LogP contribution is -2.24. The van der Waals surface area contributed by atoms with E-state index in [0.29, 0.717) is 29.5 Å². The maximum atomic E-state index is 12.9. The van der Waals surface area contributed by atoms with Crippen LogP contribution in [0, 0.1) is 6.92 Å². The lowest BCUT2D eigenvalue weighted by Gasteiger charge is -2.11. The van der Waals surface area contributed by atoms with E-state index in [1.165, 1.54) is 0 Å². The van der Waals surface area contributed by atoms with E-state index in [2.05, 4.69) is 15.3 Å². The molecule has 0 atom stereocenters. The number of rotatable bonds is 11. The highest BCUT2D eigenvalue weighted by molar-refractivity contribution is 5.97. The van der Waals surface area contributed by atoms with Gasteiger partial charge in [0.25, 0.3) is 5.91 Å². The zero-order valence-electron chi connectivity index (χ0n) is 22.4. The molecular weight excluding hydrogens is 482 g/mol. The van der Waals surface area contributed by atoms with Gasteiger partial charge in [0.2, 0.25) is 0 Å². The van der Waals surface area contributed by atoms with E-state index in [9.17, 15) is 9.59 Å². The summed E-state index contributed by atoms with van der Waals surface area (Å²) in [5, 5.41) is 2.88. The molecule has 8 nitrogen and oxygen atoms in total. The van der Waals surface area contributed by atoms with Crippen LogP contribution in [0.3, 0.4) is 0 Å². The number of carbonyl (C=O) groups is 2. The molecule has 1 N–H and O–H groups in total. The van der Waals surface area contributed by atoms with Gasteiger partial charge in [0, 0.05) is 29.9 Å². The Morgan fingerprint density at radius 2 is 1.84 bits per heavy atom. The first-order chi connectivity index (χ1) is 18.4. The van der Waals surface area contributed by atoms with Crippen LogP contribution in [0.25, 0.3) is 17.5 Å². The predicted octanol–water partition coefficient (Wildman–Crippen LogP) is 5.31. The van der Waals surface area contributed by atoms with Crippen molar-refractivity contribution in [2.45, 2.75) is 33.7 Å². The smallest absolute Gasteiger partial charge is 0.338 e. The molecule has 0 unspecified atom stereocenters. The number of nitrogens with one attached hydrogen (secondary N) is 1. The molecule has 0 fully saturated rings. The Kier molecular flexibility index (Phi) is 10.2. The van der Waals surface area contributed by atoms with E-state index >= 15 is 0 Å². The van der Waals surface area contributed by atoms with E-state index in [0.717, 1.165) is 28.7 Å². The third-order valence-electron chi connectivity index (χ3n) is 5.71. The molecule has 0 saturated heterocycles. The van der Waals surface area contributed by atoms with Gasteiger partial charge < -0.3 is 19.5 Å². The number of hydrogen-bond donors (Lipinski definition) is 1. The fourth-order valence-corrected chi connectivity index (χ4v) is 3.63. The molecule has 0 aliphatic carbocycles. The van der Waals surface area contributed by atoms with E-state index in [1.807, 2.05) is 50.3 Å². The number of amides is 1. The van der Waals surface area contributed by atoms with E-state index in [4.69, 9.17) is 14.2 Å². The molecule has 1 amide bonds. The van der Waals surface area contributed by atoms with Gasteiger partial charge in [-0.1, -0.05) is 31.2 Å². The van der Waals surface area contributed by atoms with Crippen molar-refractivity contribution < 1.29 is 23.8 Å². The topological polar surface area (TPSA) is 99.6 Å². The van der Waals surface area contributed by atoms with E-state index in [-0.39, 0.29) is 24.1 Å². The van der Waals surface area contributed by atoms with Gasteiger partial charge in [0.05, 0.1) is 26.4 Å². The number of hydrogen-bond acceptors (Lipinski definition) is 7. The van der Waals surface area contributed by atoms with Crippen LogP contribution >= 0.6 is 0 Å². The summed E-state index contributed by atoms with van der Waals surface area (Å²) in [6, 6.07) is 12.7. The first-order valence-electron chi connectivity index (χ1n) is 12.4. The maximum absolute atomic E-state index is 12.9. The standard InChI is InChI=1S/C30H33N3O5/c1-6-8-9-22(30(35)38-7-2)17-24-16-21(11-10-20(24)3)28-31-15-14-26(33-28)29(34)32-19-23-12-13-25(36-4)18-27(23)37-5/h8-18H,6-7,19H2,1-5H3,(H,32,34)/b9-8+,22-17+. The van der Waals surface area contributed by atoms with Crippen LogP contribution < -0.4 is 14.8 Å². The fraction of sp³-hybridized carbons (Fsp3) is 0.267. The number of aromatic nitrogens is 2. The second kappa shape index (κ2) is 13.7. The van der Waals surface area contributed by atoms with Gasteiger partial charge in [-0.25, -0.2) is 14.8 Å². The number of ether oxygens (including phenoxy) is 3. The molecule has 0 saturated carbocycles. The molecule has 0 spiro atoms. The van der Waals surface area contributed by atoms with E-state index < -0.39 is 0 Å². The van der Waals surface area contributed by atoms with Crippen LogP contribution in [0.5, 0.6) is 11.5 Å². The van der Waals surface area contributed by atoms with Crippen LogP contribution in [0.2, 0.25) is 0 Å². The third-order valence-corrected chi connectivity index (χ3v) is 5.71. The van der Waals surface area contributed by atoms with Crippen molar-refractivity contribution in [3.63, 3.8) is 0 Å². The maximum Gasteiger partial charge on any atom is 0.338 e. The largest absolute Gasteiger partial charge is 0.497 e. The molecule has 0 aliphatic rings. The molecule has 3 rings (SSSR count).